The summed E-state index contributed by atoms with van der Waals surface area (Å²) in [6, 6.07) is 5.15. The highest BCUT2D eigenvalue weighted by Gasteiger charge is 2.34. The number of carbonyl (C=O) groups is 2. The van der Waals surface area contributed by atoms with Gasteiger partial charge in [-0.3, -0.25) is 14.5 Å². The van der Waals surface area contributed by atoms with Gasteiger partial charge in [-0.25, -0.2) is 0 Å². The average Bonchev–Trinajstić information content (AvgIpc) is 2.67. The maximum absolute atomic E-state index is 12.2. The fourth-order valence-corrected chi connectivity index (χ4v) is 2.43. The predicted octanol–water partition coefficient (Wildman–Crippen LogP) is 1.67. The van der Waals surface area contributed by atoms with Gasteiger partial charge in [-0.15, -0.1) is 0 Å². The summed E-state index contributed by atoms with van der Waals surface area (Å²) >= 11 is 3.31. The van der Waals surface area contributed by atoms with Crippen molar-refractivity contribution in [2.45, 2.75) is 6.92 Å². The normalized spacial score (nSPS) is 14.0. The lowest BCUT2D eigenvalue weighted by molar-refractivity contribution is 0.0654. The Balaban J connectivity index is 1.89. The van der Waals surface area contributed by atoms with Crippen molar-refractivity contribution in [2.24, 2.45) is 0 Å². The maximum Gasteiger partial charge on any atom is 0.261 e. The molecule has 1 N–H and O–H groups in total. The highest BCUT2D eigenvalue weighted by Crippen LogP contribution is 2.25. The molecule has 2 amide bonds. The largest absolute Gasteiger partial charge is 0.380 e. The van der Waals surface area contributed by atoms with E-state index >= 15 is 0 Å². The van der Waals surface area contributed by atoms with Crippen LogP contribution in [0.4, 0.5) is 0 Å². The van der Waals surface area contributed by atoms with Gasteiger partial charge in [-0.1, -0.05) is 15.9 Å². The van der Waals surface area contributed by atoms with E-state index in [4.69, 9.17) is 4.74 Å². The summed E-state index contributed by atoms with van der Waals surface area (Å²) in [5.74, 6) is -0.443. The Bertz CT molecular complexity index is 519. The first-order valence-electron chi connectivity index (χ1n) is 6.59. The summed E-state index contributed by atoms with van der Waals surface area (Å²) in [5, 5.41) is 3.15. The minimum absolute atomic E-state index is 0.218. The molecular weight excluding hydrogens is 324 g/mol. The Labute approximate surface area is 126 Å². The van der Waals surface area contributed by atoms with Gasteiger partial charge in [0.05, 0.1) is 17.7 Å². The van der Waals surface area contributed by atoms with Gasteiger partial charge in [0.25, 0.3) is 11.8 Å². The highest BCUT2D eigenvalue weighted by molar-refractivity contribution is 9.10. The molecule has 1 heterocycles. The average molecular weight is 341 g/mol. The predicted molar refractivity (Wildman–Crippen MR) is 78.9 cm³/mol. The van der Waals surface area contributed by atoms with Crippen LogP contribution in [-0.2, 0) is 4.74 Å². The molecule has 108 valence electrons. The van der Waals surface area contributed by atoms with Gasteiger partial charge >= 0.3 is 0 Å². The number of rotatable bonds is 7. The molecule has 1 aliphatic rings. The maximum atomic E-state index is 12.2. The zero-order valence-electron chi connectivity index (χ0n) is 11.3. The van der Waals surface area contributed by atoms with Crippen LogP contribution in [0.15, 0.2) is 22.7 Å². The van der Waals surface area contributed by atoms with Crippen LogP contribution in [0.5, 0.6) is 0 Å². The first kappa shape index (κ1) is 15.2. The molecule has 0 spiro atoms. The third kappa shape index (κ3) is 3.26. The minimum atomic E-state index is -0.224. The smallest absolute Gasteiger partial charge is 0.261 e. The van der Waals surface area contributed by atoms with Crippen LogP contribution < -0.4 is 5.32 Å². The van der Waals surface area contributed by atoms with Crippen LogP contribution in [0, 0.1) is 0 Å². The van der Waals surface area contributed by atoms with E-state index in [9.17, 15) is 9.59 Å². The molecule has 0 fully saturated rings. The van der Waals surface area contributed by atoms with E-state index in [1.54, 1.807) is 18.2 Å². The van der Waals surface area contributed by atoms with Crippen molar-refractivity contribution in [3.63, 3.8) is 0 Å². The molecule has 0 aromatic heterocycles. The third-order valence-electron chi connectivity index (χ3n) is 3.07. The summed E-state index contributed by atoms with van der Waals surface area (Å²) in [7, 11) is 0. The number of nitrogens with one attached hydrogen (secondary N) is 1. The van der Waals surface area contributed by atoms with Crippen LogP contribution in [0.2, 0.25) is 0 Å². The molecule has 0 atom stereocenters. The number of imide groups is 1. The zero-order valence-corrected chi connectivity index (χ0v) is 12.9. The van der Waals surface area contributed by atoms with Crippen molar-refractivity contribution in [3.8, 4) is 0 Å². The fourth-order valence-electron chi connectivity index (χ4n) is 2.07. The number of halogens is 1. The highest BCUT2D eigenvalue weighted by atomic mass is 79.9. The topological polar surface area (TPSA) is 58.6 Å². The number of nitrogens with zero attached hydrogens (tertiary/aromatic N) is 1. The second-order valence-electron chi connectivity index (χ2n) is 4.40. The number of ether oxygens (including phenoxy) is 1. The van der Waals surface area contributed by atoms with Crippen LogP contribution in [-0.4, -0.2) is 49.6 Å². The summed E-state index contributed by atoms with van der Waals surface area (Å²) in [6.45, 7) is 4.91. The lowest BCUT2D eigenvalue weighted by atomic mass is 10.1. The number of carbonyl (C=O) groups excluding carboxylic acids is 2. The van der Waals surface area contributed by atoms with E-state index in [2.05, 4.69) is 21.2 Å². The van der Waals surface area contributed by atoms with E-state index < -0.39 is 0 Å². The quantitative estimate of drug-likeness (QED) is 0.606. The van der Waals surface area contributed by atoms with Crippen molar-refractivity contribution in [2.75, 3.05) is 32.8 Å². The van der Waals surface area contributed by atoms with Gasteiger partial charge in [-0.2, -0.15) is 0 Å². The summed E-state index contributed by atoms with van der Waals surface area (Å²) < 4.78 is 6.00. The number of hydrogen-bond donors (Lipinski definition) is 1. The second-order valence-corrected chi connectivity index (χ2v) is 5.31. The number of amides is 2. The van der Waals surface area contributed by atoms with E-state index in [0.29, 0.717) is 44.0 Å². The van der Waals surface area contributed by atoms with Gasteiger partial charge in [0.15, 0.2) is 0 Å². The van der Waals surface area contributed by atoms with Crippen LogP contribution in [0.3, 0.4) is 0 Å². The van der Waals surface area contributed by atoms with Crippen LogP contribution in [0.1, 0.15) is 27.6 Å². The lowest BCUT2D eigenvalue weighted by Crippen LogP contribution is -2.37. The van der Waals surface area contributed by atoms with E-state index in [0.717, 1.165) is 4.47 Å². The summed E-state index contributed by atoms with van der Waals surface area (Å²) in [6.07, 6.45) is 0. The minimum Gasteiger partial charge on any atom is -0.380 e. The second kappa shape index (κ2) is 6.97. The van der Waals surface area contributed by atoms with Gasteiger partial charge in [0.1, 0.15) is 0 Å². The summed E-state index contributed by atoms with van der Waals surface area (Å²) in [5.41, 5.74) is 0.950. The van der Waals surface area contributed by atoms with E-state index in [1.165, 1.54) is 4.90 Å². The molecular formula is C14H17BrN2O3. The molecule has 0 unspecified atom stereocenters. The number of fused-ring (bicyclic) bond motifs is 1. The molecule has 20 heavy (non-hydrogen) atoms. The SMILES string of the molecule is CCOCCNCCN1C(=O)c2ccc(Br)cc2C1=O. The number of hydrogen-bond acceptors (Lipinski definition) is 4. The Kier molecular flexibility index (Phi) is 5.28. The molecule has 1 aromatic rings. The summed E-state index contributed by atoms with van der Waals surface area (Å²) in [4.78, 5) is 25.6. The Morgan fingerprint density at radius 1 is 1.20 bits per heavy atom. The van der Waals surface area contributed by atoms with Gasteiger partial charge in [0.2, 0.25) is 0 Å². The molecule has 0 saturated carbocycles. The third-order valence-corrected chi connectivity index (χ3v) is 3.57. The number of benzene rings is 1. The lowest BCUT2D eigenvalue weighted by Gasteiger charge is -2.14. The first-order chi connectivity index (χ1) is 9.65. The molecule has 0 radical (unpaired) electrons. The van der Waals surface area contributed by atoms with Crippen molar-refractivity contribution in [1.29, 1.82) is 0 Å². The molecule has 0 aliphatic carbocycles. The molecule has 5 nitrogen and oxygen atoms in total. The first-order valence-corrected chi connectivity index (χ1v) is 7.38. The zero-order chi connectivity index (χ0) is 14.5. The van der Waals surface area contributed by atoms with Crippen LogP contribution in [0.25, 0.3) is 0 Å². The van der Waals surface area contributed by atoms with E-state index in [-0.39, 0.29) is 11.8 Å². The standard InChI is InChI=1S/C14H17BrN2O3/c1-2-20-8-6-16-5-7-17-13(18)11-4-3-10(15)9-12(11)14(17)19/h3-4,9,16H,2,5-8H2,1H3. The van der Waals surface area contributed by atoms with Crippen molar-refractivity contribution in [3.05, 3.63) is 33.8 Å². The van der Waals surface area contributed by atoms with E-state index in [1.807, 2.05) is 6.92 Å². The van der Waals surface area contributed by atoms with Gasteiger partial charge < -0.3 is 10.1 Å². The van der Waals surface area contributed by atoms with Crippen LogP contribution >= 0.6 is 15.9 Å². The Morgan fingerprint density at radius 3 is 2.70 bits per heavy atom. The molecule has 1 aliphatic heterocycles. The molecule has 0 saturated heterocycles. The molecule has 1 aromatic carbocycles. The molecule has 2 rings (SSSR count). The molecule has 0 bridgehead atoms. The van der Waals surface area contributed by atoms with Crippen molar-refractivity contribution < 1.29 is 14.3 Å². The fraction of sp³-hybridized carbons (Fsp3) is 0.429. The Hall–Kier alpha value is -1.24. The molecule has 6 heteroatoms. The van der Waals surface area contributed by atoms with Gasteiger partial charge in [0, 0.05) is 30.7 Å². The monoisotopic (exact) mass is 340 g/mol. The van der Waals surface area contributed by atoms with Crippen molar-refractivity contribution in [1.82, 2.24) is 10.2 Å². The van der Waals surface area contributed by atoms with Gasteiger partial charge in [-0.05, 0) is 25.1 Å². The Morgan fingerprint density at radius 2 is 1.95 bits per heavy atom. The van der Waals surface area contributed by atoms with Crippen molar-refractivity contribution >= 4 is 27.7 Å².